The maximum absolute atomic E-state index is 5.94. The standard InChI is InChI=1S/C24H31N.C23H29NO.C22H17BrN2.C22H17ClN4.C22H17ClN2.C15H12N8/c1-3-9-19(10-4-1)15-17-22-21-13-7-8-14-23(21)25-24(22)18-16-20-11-5-2-6-12-20;1-2-6-18(7-3-1)11-13-23-21(12-10-19-14-16-25-17-15-19)20-8-4-5-9-22(20)24-23;1-15-6-8-16(9-7-15)21-14-17-4-2-3-5-20(17)22(21)25-24-19-12-10-18(23)11-13-19;1-15-6-10-18(11-7-15)24-26-21-14-16-4-2-3-5-20(16)22(21)27-25-19-12-8-17(23)9-13-19;1-15-6-8-16(9-7-15)21-14-17-4-2-3-5-20(17)22(21)25-24-19-12-10-18(23)11-13-19;1-2-4-12-10(3-1)11(5-7-15-20-22-23-21-15)13(18-12)6-8-14-16-9-17-19-14/h7-8,13-20,25H,1-6,9-12H2;4-5,8-13,18-19,24H,1-3,6-7,14-17H2;2-13H,14H2,1H3;2-13H,14H2,1H3;2-13H,14H2,1H3;1-9,18H,(H,16,17,19)(H,20,21,22,23)/b17-15+,18-16+;12-10+,13-11+;;;;7-5+,8-6+. The van der Waals surface area contributed by atoms with Gasteiger partial charge in [0.2, 0.25) is 0 Å². The number of aromatic nitrogens is 10. The highest BCUT2D eigenvalue weighted by Crippen LogP contribution is 2.45. The van der Waals surface area contributed by atoms with Gasteiger partial charge < -0.3 is 19.7 Å². The molecule has 5 N–H and O–H groups in total. The van der Waals surface area contributed by atoms with Crippen LogP contribution in [0.4, 0.5) is 22.7 Å². The van der Waals surface area contributed by atoms with E-state index in [1.54, 1.807) is 12.1 Å². The number of hydrogen-bond donors (Lipinski definition) is 5. The lowest BCUT2D eigenvalue weighted by Crippen LogP contribution is -2.13. The topological polar surface area (TPSA) is 252 Å². The van der Waals surface area contributed by atoms with Crippen molar-refractivity contribution in [2.45, 2.75) is 149 Å². The number of nitrogens with one attached hydrogen (secondary N) is 5. The third-order valence-electron chi connectivity index (χ3n) is 28.4. The molecule has 1 saturated heterocycles. The maximum Gasteiger partial charge on any atom is 0.197 e. The van der Waals surface area contributed by atoms with Gasteiger partial charge in [-0.05, 0) is 280 Å². The van der Waals surface area contributed by atoms with Crippen LogP contribution in [-0.4, -0.2) is 64.0 Å². The zero-order valence-electron chi connectivity index (χ0n) is 84.9. The number of aromatic amines is 5. The van der Waals surface area contributed by atoms with E-state index in [0.717, 1.165) is 140 Å². The van der Waals surface area contributed by atoms with Gasteiger partial charge in [-0.1, -0.05) is 338 Å². The average Bonchev–Trinajstić information content (AvgIpc) is 1.64. The maximum atomic E-state index is 5.94. The van der Waals surface area contributed by atoms with Gasteiger partial charge in [-0.15, -0.1) is 25.5 Å². The van der Waals surface area contributed by atoms with E-state index in [9.17, 15) is 0 Å². The van der Waals surface area contributed by atoms with Crippen LogP contribution in [0, 0.1) is 44.4 Å². The van der Waals surface area contributed by atoms with Crippen molar-refractivity contribution in [3.63, 3.8) is 0 Å². The number of nitrogens with zero attached hydrogens (tertiary/aromatic N) is 13. The Morgan fingerprint density at radius 2 is 0.707 bits per heavy atom. The van der Waals surface area contributed by atoms with E-state index in [2.05, 4.69) is 328 Å². The summed E-state index contributed by atoms with van der Waals surface area (Å²) in [5, 5.41) is 61.5. The van der Waals surface area contributed by atoms with Gasteiger partial charge in [-0.25, -0.2) is 4.98 Å². The number of allylic oxidation sites excluding steroid dienone is 7. The summed E-state index contributed by atoms with van der Waals surface area (Å²) in [4.78, 5) is 14.8. The lowest BCUT2D eigenvalue weighted by Gasteiger charge is -2.18. The normalized spacial score (nSPS) is 15.8. The number of tetrazole rings is 1. The Labute approximate surface area is 896 Å². The predicted molar refractivity (Wildman–Crippen MR) is 622 cm³/mol. The predicted octanol–water partition coefficient (Wildman–Crippen LogP) is 37.0. The average molecular weight is 2080 g/mol. The van der Waals surface area contributed by atoms with Gasteiger partial charge in [0.15, 0.2) is 5.82 Å². The highest BCUT2D eigenvalue weighted by Gasteiger charge is 2.27. The fourth-order valence-corrected chi connectivity index (χ4v) is 20.7. The minimum absolute atomic E-state index is 0.528. The highest BCUT2D eigenvalue weighted by molar-refractivity contribution is 9.10. The van der Waals surface area contributed by atoms with Gasteiger partial charge in [0.05, 0.1) is 39.8 Å². The molecule has 0 unspecified atom stereocenters. The summed E-state index contributed by atoms with van der Waals surface area (Å²) < 4.78 is 6.52. The molecule has 19 nitrogen and oxygen atoms in total. The number of azo groups is 4. The number of ether oxygens (including phenoxy) is 1. The van der Waals surface area contributed by atoms with Crippen molar-refractivity contribution < 1.29 is 4.74 Å². The molecule has 5 aromatic heterocycles. The number of aryl methyl sites for hydroxylation is 3. The summed E-state index contributed by atoms with van der Waals surface area (Å²) in [6.07, 6.45) is 53.8. The van der Waals surface area contributed by atoms with Crippen LogP contribution in [0.1, 0.15) is 216 Å². The van der Waals surface area contributed by atoms with Crippen molar-refractivity contribution in [2.75, 3.05) is 13.2 Å². The fraction of sp³-hybridized carbons (Fsp3) is 0.227. The number of benzene rings is 12. The minimum atomic E-state index is 0.528. The second-order valence-corrected chi connectivity index (χ2v) is 40.9. The molecule has 752 valence electrons. The van der Waals surface area contributed by atoms with Crippen LogP contribution in [0.3, 0.4) is 0 Å². The molecule has 6 aliphatic carbocycles. The van der Waals surface area contributed by atoms with Crippen LogP contribution < -0.4 is 0 Å². The van der Waals surface area contributed by atoms with Gasteiger partial charge in [0.25, 0.3) is 0 Å². The molecular formula is C128H123BrCl2N18O. The first kappa shape index (κ1) is 103. The molecule has 6 heterocycles. The van der Waals surface area contributed by atoms with Crippen LogP contribution in [0.2, 0.25) is 10.0 Å². The van der Waals surface area contributed by atoms with Crippen molar-refractivity contribution >= 4 is 171 Å². The molecule has 24 rings (SSSR count). The number of rotatable bonds is 22. The molecule has 0 spiro atoms. The summed E-state index contributed by atoms with van der Waals surface area (Å²) in [6, 6.07) is 98.2. The molecule has 3 saturated carbocycles. The number of fused-ring (bicyclic) bond motifs is 6. The molecular weight excluding hydrogens is 1960 g/mol. The van der Waals surface area contributed by atoms with Crippen LogP contribution >= 0.6 is 39.1 Å². The van der Waals surface area contributed by atoms with Crippen LogP contribution in [0.5, 0.6) is 0 Å². The second kappa shape index (κ2) is 51.9. The molecule has 0 bridgehead atoms. The van der Waals surface area contributed by atoms with Gasteiger partial charge in [0, 0.05) is 130 Å². The lowest BCUT2D eigenvalue weighted by atomic mass is 9.88. The molecule has 4 fully saturated rings. The van der Waals surface area contributed by atoms with Gasteiger partial charge in [-0.2, -0.15) is 35.9 Å². The minimum Gasteiger partial charge on any atom is -0.381 e. The first-order chi connectivity index (χ1) is 73.8. The Kier molecular flexibility index (Phi) is 35.7. The first-order valence-electron chi connectivity index (χ1n) is 52.5. The monoisotopic (exact) mass is 2080 g/mol. The largest absolute Gasteiger partial charge is 0.381 e. The Hall–Kier alpha value is -15.5. The van der Waals surface area contributed by atoms with Crippen molar-refractivity contribution in [3.8, 4) is 0 Å². The molecule has 0 radical (unpaired) electrons. The van der Waals surface area contributed by atoms with E-state index in [4.69, 9.17) is 27.9 Å². The van der Waals surface area contributed by atoms with Crippen LogP contribution in [0.25, 0.3) is 110 Å². The Balaban J connectivity index is 0.000000113. The summed E-state index contributed by atoms with van der Waals surface area (Å²) in [6.45, 7) is 8.05. The quantitative estimate of drug-likeness (QED) is 0.0412. The molecule has 7 aliphatic rings. The number of hydrogen-bond acceptors (Lipinski definition) is 14. The van der Waals surface area contributed by atoms with Crippen molar-refractivity contribution in [3.05, 3.63) is 449 Å². The molecule has 0 atom stereocenters. The van der Waals surface area contributed by atoms with E-state index >= 15 is 0 Å². The smallest absolute Gasteiger partial charge is 0.197 e. The summed E-state index contributed by atoms with van der Waals surface area (Å²) >= 11 is 15.3. The van der Waals surface area contributed by atoms with E-state index in [0.29, 0.717) is 34.0 Å². The first-order valence-corrected chi connectivity index (χ1v) is 54.0. The van der Waals surface area contributed by atoms with E-state index < -0.39 is 0 Å². The molecule has 0 amide bonds. The molecule has 12 aromatic carbocycles. The van der Waals surface area contributed by atoms with Gasteiger partial charge in [0.1, 0.15) is 17.8 Å². The summed E-state index contributed by atoms with van der Waals surface area (Å²) in [7, 11) is 0. The zero-order chi connectivity index (χ0) is 102. The zero-order valence-corrected chi connectivity index (χ0v) is 88.0. The third-order valence-corrected chi connectivity index (χ3v) is 29.5. The fourth-order valence-electron chi connectivity index (χ4n) is 20.2. The summed E-state index contributed by atoms with van der Waals surface area (Å²) in [5.41, 5.74) is 33.3. The number of halogens is 3. The van der Waals surface area contributed by atoms with Crippen LogP contribution in [0.15, 0.2) is 373 Å². The van der Waals surface area contributed by atoms with E-state index in [1.165, 1.54) is 208 Å². The second-order valence-electron chi connectivity index (χ2n) is 39.1. The van der Waals surface area contributed by atoms with Gasteiger partial charge >= 0.3 is 0 Å². The molecule has 1 aliphatic heterocycles. The highest BCUT2D eigenvalue weighted by atomic mass is 79.9. The van der Waals surface area contributed by atoms with Crippen molar-refractivity contribution in [1.82, 2.24) is 50.8 Å². The van der Waals surface area contributed by atoms with E-state index in [1.807, 2.05) is 153 Å². The van der Waals surface area contributed by atoms with Gasteiger partial charge in [-0.3, -0.25) is 5.10 Å². The van der Waals surface area contributed by atoms with Crippen molar-refractivity contribution in [1.29, 1.82) is 0 Å². The third kappa shape index (κ3) is 27.9. The van der Waals surface area contributed by atoms with E-state index in [-0.39, 0.29) is 0 Å². The number of H-pyrrole nitrogens is 5. The SMILES string of the molecule is C(=C\C1CCCCC1)/c1[nH]c2ccccc2c1/C=C/C1CCCCC1.C(=C\C1CCCCC1)/c1[nH]c2ccccc2c1/C=C/C1CCOCC1.C(=C\c1c(/C=C/c2ncn[nH]2)[nH]c2ccccc12)/c1nn[nH]n1.Cc1ccc(C2=C(N=Nc3ccc(Br)cc3)c3ccccc3C2)cc1.Cc1ccc(C2=C(N=Nc3ccc(Cl)cc3)c3ccccc3C2)cc1.Cc1ccc(N=NC2=C(N=Nc3ccc(Cl)cc3)c3ccccc3C2)cc1. The Morgan fingerprint density at radius 1 is 0.340 bits per heavy atom. The number of para-hydroxylation sites is 3. The van der Waals surface area contributed by atoms with Crippen molar-refractivity contribution in [2.24, 2.45) is 64.6 Å². The molecule has 22 heteroatoms. The summed E-state index contributed by atoms with van der Waals surface area (Å²) in [5.74, 6) is 4.18. The lowest BCUT2D eigenvalue weighted by molar-refractivity contribution is 0.0787. The Morgan fingerprint density at radius 3 is 1.14 bits per heavy atom. The van der Waals surface area contributed by atoms with Crippen LogP contribution in [-0.2, 0) is 24.0 Å². The Bertz CT molecular complexity index is 7530. The molecule has 17 aromatic rings. The molecule has 150 heavy (non-hydrogen) atoms.